The molecule has 0 radical (unpaired) electrons. The molecule has 0 aromatic heterocycles. The van der Waals surface area contributed by atoms with Crippen LogP contribution >= 0.6 is 0 Å². The van der Waals surface area contributed by atoms with Crippen molar-refractivity contribution in [3.05, 3.63) is 48.0 Å². The molecule has 0 aliphatic heterocycles. The Morgan fingerprint density at radius 3 is 2.38 bits per heavy atom. The molecule has 0 bridgehead atoms. The van der Waals surface area contributed by atoms with Crippen molar-refractivity contribution in [1.29, 1.82) is 0 Å². The van der Waals surface area contributed by atoms with Crippen LogP contribution in [0.5, 0.6) is 5.75 Å². The van der Waals surface area contributed by atoms with Gasteiger partial charge in [0.05, 0.1) is 17.7 Å². The maximum Gasteiger partial charge on any atom is 0.261 e. The molecule has 1 amide bonds. The van der Waals surface area contributed by atoms with E-state index >= 15 is 0 Å². The molecule has 2 rings (SSSR count). The summed E-state index contributed by atoms with van der Waals surface area (Å²) >= 11 is 0. The fourth-order valence-corrected chi connectivity index (χ4v) is 3.56. The van der Waals surface area contributed by atoms with Crippen molar-refractivity contribution in [3.8, 4) is 5.75 Å². The van der Waals surface area contributed by atoms with Crippen molar-refractivity contribution in [1.82, 2.24) is 0 Å². The highest BCUT2D eigenvalue weighted by Gasteiger charge is 2.17. The second-order valence-electron chi connectivity index (χ2n) is 5.95. The van der Waals surface area contributed by atoms with E-state index in [1.54, 1.807) is 12.1 Å². The molecule has 0 aliphatic rings. The summed E-state index contributed by atoms with van der Waals surface area (Å²) in [6, 6.07) is 11.7. The minimum Gasteiger partial charge on any atom is -0.495 e. The summed E-state index contributed by atoms with van der Waals surface area (Å²) in [6.45, 7) is 3.48. The Bertz CT molecular complexity index is 862. The summed E-state index contributed by atoms with van der Waals surface area (Å²) in [5.74, 6) is 0.0768. The Hall–Kier alpha value is -2.54. The van der Waals surface area contributed by atoms with Gasteiger partial charge < -0.3 is 10.1 Å². The average Bonchev–Trinajstić information content (AvgIpc) is 2.60. The number of carbonyl (C=O) groups is 1. The van der Waals surface area contributed by atoms with Gasteiger partial charge in [0, 0.05) is 12.6 Å². The van der Waals surface area contributed by atoms with Crippen molar-refractivity contribution in [2.24, 2.45) is 0 Å². The van der Waals surface area contributed by atoms with Gasteiger partial charge in [0.1, 0.15) is 5.75 Å². The van der Waals surface area contributed by atoms with E-state index in [0.717, 1.165) is 19.3 Å². The number of hydrogen-bond acceptors (Lipinski definition) is 4. The number of carbonyl (C=O) groups excluding carboxylic acids is 1. The number of anilines is 2. The van der Waals surface area contributed by atoms with Crippen LogP contribution in [0, 0.1) is 0 Å². The van der Waals surface area contributed by atoms with E-state index in [4.69, 9.17) is 4.74 Å². The topological polar surface area (TPSA) is 84.5 Å². The molecule has 140 valence electrons. The molecule has 0 aliphatic carbocycles. The smallest absolute Gasteiger partial charge is 0.261 e. The summed E-state index contributed by atoms with van der Waals surface area (Å²) in [5, 5.41) is 2.57. The monoisotopic (exact) mass is 376 g/mol. The van der Waals surface area contributed by atoms with Gasteiger partial charge in [-0.3, -0.25) is 9.52 Å². The number of rotatable bonds is 8. The lowest BCUT2D eigenvalue weighted by Gasteiger charge is -2.13. The van der Waals surface area contributed by atoms with Crippen LogP contribution in [0.2, 0.25) is 0 Å². The van der Waals surface area contributed by atoms with Gasteiger partial charge in [-0.1, -0.05) is 25.5 Å². The lowest BCUT2D eigenvalue weighted by molar-refractivity contribution is -0.114. The zero-order valence-electron chi connectivity index (χ0n) is 15.2. The third-order valence-electron chi connectivity index (χ3n) is 3.82. The largest absolute Gasteiger partial charge is 0.495 e. The summed E-state index contributed by atoms with van der Waals surface area (Å²) in [6.07, 6.45) is 3.19. The first-order chi connectivity index (χ1) is 12.4. The van der Waals surface area contributed by atoms with Gasteiger partial charge in [0.2, 0.25) is 5.91 Å². The molecule has 0 saturated heterocycles. The van der Waals surface area contributed by atoms with E-state index in [0.29, 0.717) is 17.1 Å². The van der Waals surface area contributed by atoms with Crippen molar-refractivity contribution in [3.63, 3.8) is 0 Å². The van der Waals surface area contributed by atoms with Crippen LogP contribution < -0.4 is 14.8 Å². The van der Waals surface area contributed by atoms with Gasteiger partial charge in [-0.15, -0.1) is 0 Å². The van der Waals surface area contributed by atoms with Crippen LogP contribution in [-0.2, 0) is 21.2 Å². The molecule has 0 saturated carbocycles. The summed E-state index contributed by atoms with van der Waals surface area (Å²) in [4.78, 5) is 11.3. The molecule has 0 heterocycles. The SMILES string of the molecule is CCCCc1ccc(NS(=O)(=O)c2ccc(OC)c(NC(C)=O)c2)cc1. The molecule has 2 aromatic rings. The van der Waals surface area contributed by atoms with Crippen LogP contribution in [0.1, 0.15) is 32.3 Å². The second-order valence-corrected chi connectivity index (χ2v) is 7.63. The number of hydrogen-bond donors (Lipinski definition) is 2. The first kappa shape index (κ1) is 19.8. The van der Waals surface area contributed by atoms with E-state index in [-0.39, 0.29) is 10.8 Å². The quantitative estimate of drug-likeness (QED) is 0.734. The Kier molecular flexibility index (Phi) is 6.63. The number of unbranched alkanes of at least 4 members (excludes halogenated alkanes) is 1. The van der Waals surface area contributed by atoms with Gasteiger partial charge in [-0.2, -0.15) is 0 Å². The molecule has 0 atom stereocenters. The predicted molar refractivity (Wildman–Crippen MR) is 103 cm³/mol. The Morgan fingerprint density at radius 2 is 1.81 bits per heavy atom. The van der Waals surface area contributed by atoms with E-state index in [1.807, 2.05) is 12.1 Å². The van der Waals surface area contributed by atoms with E-state index in [9.17, 15) is 13.2 Å². The third-order valence-corrected chi connectivity index (χ3v) is 5.20. The minimum atomic E-state index is -3.78. The number of amides is 1. The van der Waals surface area contributed by atoms with Gasteiger partial charge >= 0.3 is 0 Å². The van der Waals surface area contributed by atoms with Crippen LogP contribution in [0.3, 0.4) is 0 Å². The highest BCUT2D eigenvalue weighted by Crippen LogP contribution is 2.28. The van der Waals surface area contributed by atoms with Crippen molar-refractivity contribution >= 4 is 27.3 Å². The minimum absolute atomic E-state index is 0.0390. The van der Waals surface area contributed by atoms with Crippen LogP contribution in [0.4, 0.5) is 11.4 Å². The first-order valence-corrected chi connectivity index (χ1v) is 9.91. The second kappa shape index (κ2) is 8.71. The van der Waals surface area contributed by atoms with Gasteiger partial charge in [-0.25, -0.2) is 8.42 Å². The molecule has 7 heteroatoms. The van der Waals surface area contributed by atoms with E-state index < -0.39 is 10.0 Å². The molecule has 2 aromatic carbocycles. The summed E-state index contributed by atoms with van der Waals surface area (Å²) in [7, 11) is -2.33. The van der Waals surface area contributed by atoms with Crippen LogP contribution in [0.25, 0.3) is 0 Å². The van der Waals surface area contributed by atoms with Crippen molar-refractivity contribution < 1.29 is 17.9 Å². The predicted octanol–water partition coefficient (Wildman–Crippen LogP) is 3.80. The summed E-state index contributed by atoms with van der Waals surface area (Å²) in [5.41, 5.74) is 1.96. The fourth-order valence-electron chi connectivity index (χ4n) is 2.48. The van der Waals surface area contributed by atoms with Gasteiger partial charge in [-0.05, 0) is 48.7 Å². The van der Waals surface area contributed by atoms with E-state index in [2.05, 4.69) is 17.0 Å². The number of aryl methyl sites for hydroxylation is 1. The molecule has 26 heavy (non-hydrogen) atoms. The third kappa shape index (κ3) is 5.23. The normalized spacial score (nSPS) is 11.0. The number of sulfonamides is 1. The molecule has 6 nitrogen and oxygen atoms in total. The molecule has 0 unspecified atom stereocenters. The maximum absolute atomic E-state index is 12.6. The molecule has 0 spiro atoms. The highest BCUT2D eigenvalue weighted by molar-refractivity contribution is 7.92. The number of nitrogens with one attached hydrogen (secondary N) is 2. The number of benzene rings is 2. The zero-order chi connectivity index (χ0) is 19.2. The lowest BCUT2D eigenvalue weighted by Crippen LogP contribution is -2.14. The van der Waals surface area contributed by atoms with Crippen LogP contribution in [-0.4, -0.2) is 21.4 Å². The number of ether oxygens (including phenoxy) is 1. The zero-order valence-corrected chi connectivity index (χ0v) is 16.0. The molecule has 2 N–H and O–H groups in total. The summed E-state index contributed by atoms with van der Waals surface area (Å²) < 4.78 is 33.0. The lowest BCUT2D eigenvalue weighted by atomic mass is 10.1. The first-order valence-electron chi connectivity index (χ1n) is 8.43. The van der Waals surface area contributed by atoms with Gasteiger partial charge in [0.25, 0.3) is 10.0 Å². The fraction of sp³-hybridized carbons (Fsp3) is 0.316. The molecule has 0 fully saturated rings. The Morgan fingerprint density at radius 1 is 1.12 bits per heavy atom. The average molecular weight is 376 g/mol. The maximum atomic E-state index is 12.6. The molecular formula is C19H24N2O4S. The standard InChI is InChI=1S/C19H24N2O4S/c1-4-5-6-15-7-9-16(10-8-15)21-26(23,24)17-11-12-19(25-3)18(13-17)20-14(2)22/h7-13,21H,4-6H2,1-3H3,(H,20,22). The Balaban J connectivity index is 2.22. The van der Waals surface area contributed by atoms with E-state index in [1.165, 1.54) is 37.8 Å². The van der Waals surface area contributed by atoms with Crippen molar-refractivity contribution in [2.75, 3.05) is 17.1 Å². The van der Waals surface area contributed by atoms with Crippen molar-refractivity contribution in [2.45, 2.75) is 38.0 Å². The number of methoxy groups -OCH3 is 1. The highest BCUT2D eigenvalue weighted by atomic mass is 32.2. The van der Waals surface area contributed by atoms with Gasteiger partial charge in [0.15, 0.2) is 0 Å². The van der Waals surface area contributed by atoms with Crippen LogP contribution in [0.15, 0.2) is 47.4 Å². The molecular weight excluding hydrogens is 352 g/mol. The Labute approximate surface area is 154 Å².